The summed E-state index contributed by atoms with van der Waals surface area (Å²) >= 11 is 17.7. The molecule has 0 saturated carbocycles. The maximum atomic E-state index is 12.8. The molecular formula is C42H35Cl3F3N5O13S. The van der Waals surface area contributed by atoms with Gasteiger partial charge in [-0.15, -0.1) is 0 Å². The third kappa shape index (κ3) is 11.9. The van der Waals surface area contributed by atoms with Gasteiger partial charge < -0.3 is 29.2 Å². The number of carbonyl (C=O) groups is 4. The molecule has 1 aliphatic rings. The van der Waals surface area contributed by atoms with E-state index >= 15 is 0 Å². The molecule has 67 heavy (non-hydrogen) atoms. The van der Waals surface area contributed by atoms with Gasteiger partial charge in [0.05, 0.1) is 21.2 Å². The number of nitrogens with zero attached hydrogens (tertiary/aromatic N) is 4. The van der Waals surface area contributed by atoms with Crippen molar-refractivity contribution in [3.63, 3.8) is 0 Å². The number of carbonyl (C=O) groups excluding carboxylic acids is 1. The highest BCUT2D eigenvalue weighted by atomic mass is 35.5. The number of aromatic amines is 1. The average molecular weight is 1010 g/mol. The Morgan fingerprint density at radius 3 is 2.07 bits per heavy atom. The number of hydrazone groups is 1. The van der Waals surface area contributed by atoms with Crippen molar-refractivity contribution in [2.24, 2.45) is 12.1 Å². The van der Waals surface area contributed by atoms with Crippen molar-refractivity contribution in [2.45, 2.75) is 49.9 Å². The van der Waals surface area contributed by atoms with Gasteiger partial charge in [-0.2, -0.15) is 23.3 Å². The molecule has 7 rings (SSSR count). The molecule has 3 heterocycles. The van der Waals surface area contributed by atoms with Crippen molar-refractivity contribution in [1.82, 2.24) is 14.8 Å². The first-order valence-electron chi connectivity index (χ1n) is 18.8. The molecule has 0 bridgehead atoms. The summed E-state index contributed by atoms with van der Waals surface area (Å²) in [5.74, 6) is -3.53. The zero-order valence-corrected chi connectivity index (χ0v) is 38.3. The van der Waals surface area contributed by atoms with E-state index < -0.39 is 72.9 Å². The summed E-state index contributed by atoms with van der Waals surface area (Å²) < 4.78 is 79.3. The number of aromatic nitrogens is 3. The summed E-state index contributed by atoms with van der Waals surface area (Å²) in [6.07, 6.45) is -5.13. The lowest BCUT2D eigenvalue weighted by molar-refractivity contribution is -0.144. The number of H-pyrrole nitrogens is 1. The first kappa shape index (κ1) is 51.1. The van der Waals surface area contributed by atoms with Crippen LogP contribution in [0.5, 0.6) is 17.6 Å². The van der Waals surface area contributed by atoms with Gasteiger partial charge in [0.15, 0.2) is 27.1 Å². The quantitative estimate of drug-likeness (QED) is 0.0890. The summed E-state index contributed by atoms with van der Waals surface area (Å²) in [7, 11) is -2.77. The van der Waals surface area contributed by atoms with Crippen LogP contribution in [0.2, 0.25) is 15.1 Å². The van der Waals surface area contributed by atoms with Gasteiger partial charge in [0.1, 0.15) is 28.3 Å². The van der Waals surface area contributed by atoms with Gasteiger partial charge in [-0.1, -0.05) is 34.8 Å². The van der Waals surface area contributed by atoms with Crippen LogP contribution in [0.25, 0.3) is 11.1 Å². The monoisotopic (exact) mass is 1010 g/mol. The van der Waals surface area contributed by atoms with E-state index in [0.717, 1.165) is 15.8 Å². The summed E-state index contributed by atoms with van der Waals surface area (Å²) in [4.78, 5) is 61.2. The van der Waals surface area contributed by atoms with Gasteiger partial charge in [-0.3, -0.25) is 19.4 Å². The van der Waals surface area contributed by atoms with Crippen molar-refractivity contribution in [3.8, 4) is 17.6 Å². The number of benzene rings is 4. The predicted octanol–water partition coefficient (Wildman–Crippen LogP) is 8.29. The molecule has 4 aromatic carbocycles. The lowest BCUT2D eigenvalue weighted by Gasteiger charge is -2.30. The fourth-order valence-electron chi connectivity index (χ4n) is 6.07. The molecule has 1 unspecified atom stereocenters. The molecule has 354 valence electrons. The standard InChI is InChI=1S/C16H12ClNO5.C14H13F3N2O4S.C12H10Cl2N2O4/c1-9(15(19)20)21-11-3-5-12(6-4-11)22-16-18-13-7-2-10(17)8-14(13)23-16;1-7-11(13(21)19(2)18-7)12(20)9-5-4-8(14(15,16)17)6-10(9)24(3,22)23;1-12(11(19)20)5-8(10(17)18)15-16(12)9-3-2-6(13)4-7(9)14/h2-9H,1H3,(H,19,20);4-6,18H,1-3H3;2-4H,5H2,1H3,(H,17,18)(H,19,20)/t9-;;/m1../s1. The lowest BCUT2D eigenvalue weighted by Crippen LogP contribution is -2.47. The maximum Gasteiger partial charge on any atom is 0.416 e. The Hall–Kier alpha value is -6.88. The van der Waals surface area contributed by atoms with E-state index in [1.807, 2.05) is 0 Å². The van der Waals surface area contributed by atoms with Gasteiger partial charge in [0, 0.05) is 47.1 Å². The Morgan fingerprint density at radius 1 is 0.925 bits per heavy atom. The van der Waals surface area contributed by atoms with Crippen LogP contribution in [-0.4, -0.2) is 85.8 Å². The van der Waals surface area contributed by atoms with Crippen LogP contribution < -0.4 is 20.0 Å². The molecule has 6 aromatic rings. The minimum Gasteiger partial charge on any atom is -0.479 e. The number of oxazole rings is 1. The Kier molecular flexibility index (Phi) is 15.2. The van der Waals surface area contributed by atoms with Crippen LogP contribution in [0.15, 0.2) is 98.1 Å². The third-order valence-corrected chi connectivity index (χ3v) is 11.4. The van der Waals surface area contributed by atoms with E-state index in [1.54, 1.807) is 42.5 Å². The van der Waals surface area contributed by atoms with Crippen molar-refractivity contribution >= 4 is 90.8 Å². The second-order valence-electron chi connectivity index (χ2n) is 14.6. The number of hydrogen-bond acceptors (Lipinski definition) is 13. The van der Waals surface area contributed by atoms with Gasteiger partial charge in [0.2, 0.25) is 5.78 Å². The number of fused-ring (bicyclic) bond motifs is 1. The number of sulfone groups is 1. The molecule has 18 nitrogen and oxygen atoms in total. The fourth-order valence-corrected chi connectivity index (χ4v) is 7.62. The van der Waals surface area contributed by atoms with E-state index in [4.69, 9.17) is 58.9 Å². The van der Waals surface area contributed by atoms with E-state index in [9.17, 15) is 50.7 Å². The Labute approximate surface area is 391 Å². The first-order chi connectivity index (χ1) is 31.1. The largest absolute Gasteiger partial charge is 0.479 e. The highest BCUT2D eigenvalue weighted by Crippen LogP contribution is 2.39. The molecular weight excluding hydrogens is 978 g/mol. The molecule has 4 N–H and O–H groups in total. The number of carboxylic acids is 3. The van der Waals surface area contributed by atoms with Crippen LogP contribution in [0, 0.1) is 6.92 Å². The minimum absolute atomic E-state index is 0.0924. The zero-order chi connectivity index (χ0) is 49.9. The smallest absolute Gasteiger partial charge is 0.416 e. The minimum atomic E-state index is -4.76. The Morgan fingerprint density at radius 2 is 1.54 bits per heavy atom. The van der Waals surface area contributed by atoms with Crippen molar-refractivity contribution in [3.05, 3.63) is 127 Å². The van der Waals surface area contributed by atoms with Crippen molar-refractivity contribution < 1.29 is 70.0 Å². The van der Waals surface area contributed by atoms with Gasteiger partial charge in [0.25, 0.3) is 5.56 Å². The second kappa shape index (κ2) is 19.9. The molecule has 2 atom stereocenters. The van der Waals surface area contributed by atoms with Crippen LogP contribution in [0.4, 0.5) is 18.9 Å². The van der Waals surface area contributed by atoms with Crippen LogP contribution in [0.1, 0.15) is 47.4 Å². The molecule has 0 amide bonds. The summed E-state index contributed by atoms with van der Waals surface area (Å²) in [5.41, 5.74) is -2.79. The number of aliphatic carboxylic acids is 3. The molecule has 25 heteroatoms. The molecule has 0 aliphatic carbocycles. The van der Waals surface area contributed by atoms with E-state index in [1.165, 1.54) is 46.0 Å². The fraction of sp³-hybridized carbons (Fsp3) is 0.214. The molecule has 2 aromatic heterocycles. The number of hydrogen-bond donors (Lipinski definition) is 4. The summed E-state index contributed by atoms with van der Waals surface area (Å²) in [6, 6.07) is 17.8. The Balaban J connectivity index is 0.000000189. The first-order valence-corrected chi connectivity index (χ1v) is 21.9. The number of alkyl halides is 3. The Bertz CT molecular complexity index is 3120. The van der Waals surface area contributed by atoms with Gasteiger partial charge in [-0.25, -0.2) is 27.8 Å². The number of anilines is 1. The molecule has 0 fully saturated rings. The number of ether oxygens (including phenoxy) is 2. The highest BCUT2D eigenvalue weighted by Gasteiger charge is 2.48. The highest BCUT2D eigenvalue weighted by molar-refractivity contribution is 7.90. The number of aryl methyl sites for hydroxylation is 2. The van der Waals surface area contributed by atoms with E-state index in [2.05, 4.69) is 15.2 Å². The molecule has 0 radical (unpaired) electrons. The van der Waals surface area contributed by atoms with E-state index in [0.29, 0.717) is 51.0 Å². The van der Waals surface area contributed by atoms with Crippen molar-refractivity contribution in [2.75, 3.05) is 11.3 Å². The number of halogens is 6. The van der Waals surface area contributed by atoms with Crippen molar-refractivity contribution in [1.29, 1.82) is 0 Å². The average Bonchev–Trinajstić information content (AvgIpc) is 3.89. The van der Waals surface area contributed by atoms with Gasteiger partial charge in [-0.05, 0) is 93.6 Å². The molecule has 0 spiro atoms. The van der Waals surface area contributed by atoms with Crippen LogP contribution in [0.3, 0.4) is 0 Å². The summed E-state index contributed by atoms with van der Waals surface area (Å²) in [6.45, 7) is 4.27. The third-order valence-electron chi connectivity index (χ3n) is 9.47. The lowest BCUT2D eigenvalue weighted by atomic mass is 9.95. The number of rotatable bonds is 11. The number of carboxylic acid groups (broad SMARTS) is 3. The zero-order valence-electron chi connectivity index (χ0n) is 35.2. The van der Waals surface area contributed by atoms with Crippen LogP contribution in [-0.2, 0) is 37.4 Å². The molecule has 1 aliphatic heterocycles. The van der Waals surface area contributed by atoms with E-state index in [-0.39, 0.29) is 40.2 Å². The van der Waals surface area contributed by atoms with Gasteiger partial charge >= 0.3 is 30.2 Å². The van der Waals surface area contributed by atoms with Crippen LogP contribution >= 0.6 is 34.8 Å². The normalized spacial score (nSPS) is 15.1. The topological polar surface area (TPSA) is 261 Å². The predicted molar refractivity (Wildman–Crippen MR) is 237 cm³/mol. The molecule has 0 saturated heterocycles. The number of nitrogens with one attached hydrogen (secondary N) is 1. The summed E-state index contributed by atoms with van der Waals surface area (Å²) in [5, 5.41) is 35.9. The number of ketones is 1. The SMILES string of the molecule is CC1(C(=O)O)CC(C(=O)O)=NN1c1ccc(Cl)cc1Cl.C[C@@H](Oc1ccc(Oc2nc3ccc(Cl)cc3o2)cc1)C(=O)O.Cc1[nH]n(C)c(=O)c1C(=O)c1ccc(C(F)(F)F)cc1S(C)(=O)=O. The second-order valence-corrected chi connectivity index (χ2v) is 17.8. The maximum absolute atomic E-state index is 12.8.